The highest BCUT2D eigenvalue weighted by atomic mass is 14.7. The molecule has 0 radical (unpaired) electrons. The van der Waals surface area contributed by atoms with Crippen molar-refractivity contribution in [3.05, 3.63) is 206 Å². The molecule has 0 aliphatic carbocycles. The quantitative estimate of drug-likeness (QED) is 0.0707. The first kappa shape index (κ1) is 38.5. The maximum absolute atomic E-state index is 6.95. The third kappa shape index (κ3) is 9.27. The number of fused-ring (bicyclic) bond motifs is 4. The number of nitrogens with one attached hydrogen (secondary N) is 1. The number of aliphatic imine (C=N–C) groups is 1. The van der Waals surface area contributed by atoms with Crippen molar-refractivity contribution < 1.29 is 0 Å². The van der Waals surface area contributed by atoms with Gasteiger partial charge in [-0.1, -0.05) is 146 Å². The van der Waals surface area contributed by atoms with Crippen molar-refractivity contribution >= 4 is 45.0 Å². The Hall–Kier alpha value is -7.24. The molecule has 3 N–H and O–H groups in total. The summed E-state index contributed by atoms with van der Waals surface area (Å²) in [5, 5.41) is 12.8. The van der Waals surface area contributed by atoms with Crippen molar-refractivity contribution in [1.82, 2.24) is 9.97 Å². The van der Waals surface area contributed by atoms with E-state index in [4.69, 9.17) is 16.1 Å². The van der Waals surface area contributed by atoms with E-state index in [-0.39, 0.29) is 5.84 Å². The molecule has 0 saturated carbocycles. The van der Waals surface area contributed by atoms with Crippen LogP contribution in [0.2, 0.25) is 0 Å². The van der Waals surface area contributed by atoms with Gasteiger partial charge in [0.15, 0.2) is 0 Å². The number of hydrogen-bond acceptors (Lipinski definition) is 4. The Morgan fingerprint density at radius 3 is 1.96 bits per heavy atom. The number of allylic oxidation sites excluding steroid dienone is 2. The van der Waals surface area contributed by atoms with Gasteiger partial charge in [-0.15, -0.1) is 0 Å². The Labute approximate surface area is 329 Å². The summed E-state index contributed by atoms with van der Waals surface area (Å²) >= 11 is 0. The number of rotatable bonds is 8. The fraction of sp³-hybridized carbons (Fsp3) is 0.0588. The molecule has 5 heteroatoms. The lowest BCUT2D eigenvalue weighted by atomic mass is 9.94. The lowest BCUT2D eigenvalue weighted by molar-refractivity contribution is 1.08. The van der Waals surface area contributed by atoms with Crippen molar-refractivity contribution in [2.45, 2.75) is 20.4 Å². The molecule has 6 aromatic carbocycles. The molecule has 0 unspecified atom stereocenters. The Morgan fingerprint density at radius 1 is 0.661 bits per heavy atom. The average Bonchev–Trinajstić information content (AvgIpc) is 3.23. The minimum absolute atomic E-state index is 0.0184. The fourth-order valence-electron chi connectivity index (χ4n) is 6.56. The lowest BCUT2D eigenvalue weighted by Crippen LogP contribution is -2.10. The van der Waals surface area contributed by atoms with Crippen LogP contribution in [-0.2, 0) is 6.54 Å². The van der Waals surface area contributed by atoms with Gasteiger partial charge in [-0.25, -0.2) is 4.98 Å². The SMILES string of the molecule is C=C/C=C(\C=C)C(=N)N.C=NCc1ccccc1.Cc1ccc(-c2cc(C)cc(-c3ccc4cc(-c5nc6ccccc6c6ccncc56)ccc4c3)c2)cc1. The van der Waals surface area contributed by atoms with E-state index in [9.17, 15) is 0 Å². The van der Waals surface area contributed by atoms with Gasteiger partial charge in [0.1, 0.15) is 5.84 Å². The maximum Gasteiger partial charge on any atom is 0.122 e. The van der Waals surface area contributed by atoms with Crippen molar-refractivity contribution in [3.63, 3.8) is 0 Å². The molecule has 0 aliphatic heterocycles. The van der Waals surface area contributed by atoms with E-state index in [1.54, 1.807) is 12.2 Å². The van der Waals surface area contributed by atoms with Crippen LogP contribution < -0.4 is 5.73 Å². The third-order valence-electron chi connectivity index (χ3n) is 9.38. The molecule has 56 heavy (non-hydrogen) atoms. The molecule has 8 rings (SSSR count). The predicted octanol–water partition coefficient (Wildman–Crippen LogP) is 12.7. The molecule has 8 aromatic rings. The second-order valence-electron chi connectivity index (χ2n) is 13.5. The molecule has 0 atom stereocenters. The number of aromatic nitrogens is 2. The van der Waals surface area contributed by atoms with Gasteiger partial charge in [0.25, 0.3) is 0 Å². The van der Waals surface area contributed by atoms with Gasteiger partial charge in [-0.05, 0) is 100 Å². The van der Waals surface area contributed by atoms with Crippen LogP contribution in [0.25, 0.3) is 66.0 Å². The number of benzene rings is 6. The van der Waals surface area contributed by atoms with Crippen molar-refractivity contribution in [2.24, 2.45) is 10.7 Å². The number of hydrogen-bond donors (Lipinski definition) is 2. The maximum atomic E-state index is 6.95. The van der Waals surface area contributed by atoms with E-state index in [1.165, 1.54) is 61.2 Å². The number of para-hydroxylation sites is 1. The Morgan fingerprint density at radius 2 is 1.30 bits per heavy atom. The molecule has 0 amide bonds. The topological polar surface area (TPSA) is 88.0 Å². The van der Waals surface area contributed by atoms with E-state index in [2.05, 4.69) is 147 Å². The molecule has 2 heterocycles. The normalized spacial score (nSPS) is 10.9. The van der Waals surface area contributed by atoms with E-state index >= 15 is 0 Å². The van der Waals surface area contributed by atoms with E-state index in [0.29, 0.717) is 5.57 Å². The summed E-state index contributed by atoms with van der Waals surface area (Å²) in [6.07, 6.45) is 8.51. The molecule has 0 aliphatic rings. The van der Waals surface area contributed by atoms with Gasteiger partial charge >= 0.3 is 0 Å². The van der Waals surface area contributed by atoms with E-state index < -0.39 is 0 Å². The molecular weight excluding hydrogens is 683 g/mol. The van der Waals surface area contributed by atoms with Gasteiger partial charge in [-0.2, -0.15) is 0 Å². The number of nitrogens with zero attached hydrogens (tertiary/aromatic N) is 3. The van der Waals surface area contributed by atoms with E-state index in [0.717, 1.165) is 34.1 Å². The molecule has 0 saturated heterocycles. The number of nitrogens with two attached hydrogens (primary N) is 1. The third-order valence-corrected chi connectivity index (χ3v) is 9.38. The van der Waals surface area contributed by atoms with Crippen LogP contribution in [-0.4, -0.2) is 22.5 Å². The minimum atomic E-state index is 0.0184. The van der Waals surface area contributed by atoms with E-state index in [1.807, 2.05) is 48.8 Å². The van der Waals surface area contributed by atoms with Gasteiger partial charge in [0.05, 0.1) is 17.8 Å². The highest BCUT2D eigenvalue weighted by Gasteiger charge is 2.12. The smallest absolute Gasteiger partial charge is 0.122 e. The number of amidine groups is 1. The van der Waals surface area contributed by atoms with Gasteiger partial charge in [-0.3, -0.25) is 15.4 Å². The summed E-state index contributed by atoms with van der Waals surface area (Å²) < 4.78 is 0. The summed E-state index contributed by atoms with van der Waals surface area (Å²) in [5.74, 6) is 0.0184. The standard InChI is InChI=1S/C36H26N2.C8H9N.C7H10N2/c1-23-7-9-25(10-8-23)30-17-24(2)18-31(21-30)28-12-11-27-20-29(14-13-26(27)19-28)36-34-22-37-16-15-32(34)33-5-3-4-6-35(33)38-36;1-9-7-8-5-3-2-4-6-8;1-3-5-6(4-2)7(8)9/h3-22H,1-2H3;2-6H,1,7H2;3-5H,1-2H2,(H3,8,9)/b;;6-5+. The van der Waals surface area contributed by atoms with Crippen molar-refractivity contribution in [1.29, 1.82) is 5.41 Å². The second kappa shape index (κ2) is 18.2. The Kier molecular flexibility index (Phi) is 12.5. The summed E-state index contributed by atoms with van der Waals surface area (Å²) in [4.78, 5) is 13.2. The first-order valence-corrected chi connectivity index (χ1v) is 18.4. The molecule has 0 bridgehead atoms. The van der Waals surface area contributed by atoms with Gasteiger partial charge in [0.2, 0.25) is 0 Å². The zero-order valence-electron chi connectivity index (χ0n) is 31.9. The monoisotopic (exact) mass is 727 g/mol. The largest absolute Gasteiger partial charge is 0.384 e. The van der Waals surface area contributed by atoms with Crippen LogP contribution in [0.15, 0.2) is 194 Å². The highest BCUT2D eigenvalue weighted by molar-refractivity contribution is 6.11. The van der Waals surface area contributed by atoms with Gasteiger partial charge in [0, 0.05) is 34.3 Å². The zero-order chi connectivity index (χ0) is 39.4. The zero-order valence-corrected chi connectivity index (χ0v) is 31.9. The van der Waals surface area contributed by atoms with Crippen LogP contribution in [0.3, 0.4) is 0 Å². The van der Waals surface area contributed by atoms with Crippen molar-refractivity contribution in [3.8, 4) is 33.5 Å². The van der Waals surface area contributed by atoms with Crippen LogP contribution in [0.5, 0.6) is 0 Å². The fourth-order valence-corrected chi connectivity index (χ4v) is 6.56. The van der Waals surface area contributed by atoms with Crippen LogP contribution in [0.4, 0.5) is 0 Å². The highest BCUT2D eigenvalue weighted by Crippen LogP contribution is 2.35. The Balaban J connectivity index is 0.000000245. The second-order valence-corrected chi connectivity index (χ2v) is 13.5. The molecule has 0 fully saturated rings. The predicted molar refractivity (Wildman–Crippen MR) is 240 cm³/mol. The molecule has 2 aromatic heterocycles. The van der Waals surface area contributed by atoms with Gasteiger partial charge < -0.3 is 5.73 Å². The van der Waals surface area contributed by atoms with Crippen LogP contribution in [0.1, 0.15) is 16.7 Å². The minimum Gasteiger partial charge on any atom is -0.384 e. The Bertz CT molecular complexity index is 2710. The lowest BCUT2D eigenvalue weighted by Gasteiger charge is -2.12. The molecule has 0 spiro atoms. The summed E-state index contributed by atoms with van der Waals surface area (Å²) in [5.41, 5.74) is 17.5. The van der Waals surface area contributed by atoms with Crippen LogP contribution >= 0.6 is 0 Å². The molecular formula is C51H45N5. The molecule has 5 nitrogen and oxygen atoms in total. The molecule has 274 valence electrons. The first-order chi connectivity index (χ1) is 27.3. The summed E-state index contributed by atoms with van der Waals surface area (Å²) in [7, 11) is 0. The average molecular weight is 728 g/mol. The first-order valence-electron chi connectivity index (χ1n) is 18.4. The number of pyridine rings is 2. The van der Waals surface area contributed by atoms with Crippen molar-refractivity contribution in [2.75, 3.05) is 0 Å². The summed E-state index contributed by atoms with van der Waals surface area (Å²) in [6, 6.07) is 49.5. The van der Waals surface area contributed by atoms with Crippen LogP contribution in [0, 0.1) is 19.3 Å². The summed E-state index contributed by atoms with van der Waals surface area (Å²) in [6.45, 7) is 15.3. The number of aryl methyl sites for hydroxylation is 2.